The molecule has 0 saturated heterocycles. The van der Waals surface area contributed by atoms with Crippen LogP contribution in [0.4, 0.5) is 21.9 Å². The number of β-amino-alcohol motifs (C(OH)–C–C–N with tert-alkyl or cyclic N) is 1. The first-order chi connectivity index (χ1) is 12.9. The molecule has 0 bridgehead atoms. The quantitative estimate of drug-likeness (QED) is 0.664. The second kappa shape index (κ2) is 7.67. The van der Waals surface area contributed by atoms with Crippen LogP contribution >= 0.6 is 0 Å². The van der Waals surface area contributed by atoms with E-state index in [9.17, 15) is 19.8 Å². The molecule has 0 fully saturated rings. The van der Waals surface area contributed by atoms with Gasteiger partial charge in [-0.1, -0.05) is 19.1 Å². The van der Waals surface area contributed by atoms with E-state index in [0.29, 0.717) is 36.3 Å². The topological polar surface area (TPSA) is 102 Å². The molecule has 1 aliphatic rings. The zero-order valence-electron chi connectivity index (χ0n) is 15.3. The largest absolute Gasteiger partial charge is 0.478 e. The van der Waals surface area contributed by atoms with Crippen LogP contribution in [0.3, 0.4) is 0 Å². The van der Waals surface area contributed by atoms with Crippen LogP contribution in [0.25, 0.3) is 0 Å². The van der Waals surface area contributed by atoms with Crippen molar-refractivity contribution >= 4 is 29.1 Å². The van der Waals surface area contributed by atoms with Crippen molar-refractivity contribution in [2.24, 2.45) is 0 Å². The van der Waals surface area contributed by atoms with Crippen molar-refractivity contribution in [1.29, 1.82) is 0 Å². The third kappa shape index (κ3) is 3.88. The number of hydrogen-bond donors (Lipinski definition) is 4. The van der Waals surface area contributed by atoms with Crippen molar-refractivity contribution in [2.75, 3.05) is 29.1 Å². The summed E-state index contributed by atoms with van der Waals surface area (Å²) in [5, 5.41) is 24.9. The fourth-order valence-corrected chi connectivity index (χ4v) is 3.54. The van der Waals surface area contributed by atoms with Gasteiger partial charge >= 0.3 is 12.0 Å². The van der Waals surface area contributed by atoms with E-state index in [0.717, 1.165) is 11.3 Å². The van der Waals surface area contributed by atoms with Gasteiger partial charge in [0.1, 0.15) is 0 Å². The lowest BCUT2D eigenvalue weighted by atomic mass is 9.98. The fourth-order valence-electron chi connectivity index (χ4n) is 3.54. The molecule has 7 heteroatoms. The van der Waals surface area contributed by atoms with Gasteiger partial charge in [-0.3, -0.25) is 0 Å². The lowest BCUT2D eigenvalue weighted by molar-refractivity contribution is 0.0695. The van der Waals surface area contributed by atoms with Gasteiger partial charge < -0.3 is 25.7 Å². The maximum absolute atomic E-state index is 12.5. The molecule has 27 heavy (non-hydrogen) atoms. The number of aliphatic hydroxyl groups excluding tert-OH is 1. The van der Waals surface area contributed by atoms with Gasteiger partial charge in [0.25, 0.3) is 0 Å². The molecule has 1 aliphatic heterocycles. The van der Waals surface area contributed by atoms with Crippen molar-refractivity contribution in [3.8, 4) is 0 Å². The molecule has 0 saturated carbocycles. The summed E-state index contributed by atoms with van der Waals surface area (Å²) in [4.78, 5) is 25.9. The predicted octanol–water partition coefficient (Wildman–Crippen LogP) is 2.94. The summed E-state index contributed by atoms with van der Waals surface area (Å²) in [5.74, 6) is -1.02. The SMILES string of the molecule is CCc1c(NC(=O)Nc2cccc3c2CC(O)CN3C)cccc1C(=O)O. The van der Waals surface area contributed by atoms with Gasteiger partial charge in [-0.25, -0.2) is 9.59 Å². The maximum Gasteiger partial charge on any atom is 0.336 e. The van der Waals surface area contributed by atoms with Crippen LogP contribution in [0.1, 0.15) is 28.4 Å². The molecule has 2 aromatic rings. The van der Waals surface area contributed by atoms with Crippen molar-refractivity contribution < 1.29 is 19.8 Å². The Kier molecular flexibility index (Phi) is 5.32. The van der Waals surface area contributed by atoms with Gasteiger partial charge in [0.2, 0.25) is 0 Å². The van der Waals surface area contributed by atoms with E-state index in [-0.39, 0.29) is 5.56 Å². The highest BCUT2D eigenvalue weighted by Crippen LogP contribution is 2.32. The van der Waals surface area contributed by atoms with Crippen LogP contribution in [0.5, 0.6) is 0 Å². The minimum atomic E-state index is -1.02. The Labute approximate surface area is 157 Å². The zero-order valence-corrected chi connectivity index (χ0v) is 15.3. The Morgan fingerprint density at radius 3 is 2.52 bits per heavy atom. The van der Waals surface area contributed by atoms with Crippen LogP contribution in [-0.4, -0.2) is 41.9 Å². The molecule has 0 spiro atoms. The molecule has 1 atom stereocenters. The number of nitrogens with one attached hydrogen (secondary N) is 2. The monoisotopic (exact) mass is 369 g/mol. The number of fused-ring (bicyclic) bond motifs is 1. The molecule has 1 unspecified atom stereocenters. The molecule has 142 valence electrons. The number of urea groups is 1. The molecule has 2 aromatic carbocycles. The molecule has 1 heterocycles. The fraction of sp³-hybridized carbons (Fsp3) is 0.300. The number of amides is 2. The number of nitrogens with zero attached hydrogens (tertiary/aromatic N) is 1. The Hall–Kier alpha value is -3.06. The third-order valence-corrected chi connectivity index (χ3v) is 4.74. The van der Waals surface area contributed by atoms with Crippen LogP contribution in [0.2, 0.25) is 0 Å². The summed E-state index contributed by atoms with van der Waals surface area (Å²) < 4.78 is 0. The normalized spacial score (nSPS) is 15.8. The lowest BCUT2D eigenvalue weighted by Gasteiger charge is -2.32. The van der Waals surface area contributed by atoms with E-state index < -0.39 is 18.1 Å². The van der Waals surface area contributed by atoms with Gasteiger partial charge in [-0.05, 0) is 36.2 Å². The third-order valence-electron chi connectivity index (χ3n) is 4.74. The molecule has 7 nitrogen and oxygen atoms in total. The Morgan fingerprint density at radius 2 is 1.81 bits per heavy atom. The van der Waals surface area contributed by atoms with E-state index >= 15 is 0 Å². The molecule has 2 amide bonds. The average molecular weight is 369 g/mol. The van der Waals surface area contributed by atoms with Crippen LogP contribution in [0.15, 0.2) is 36.4 Å². The van der Waals surface area contributed by atoms with Gasteiger partial charge in [0.15, 0.2) is 0 Å². The Balaban J connectivity index is 1.83. The number of carboxylic acids is 1. The second-order valence-electron chi connectivity index (χ2n) is 6.61. The summed E-state index contributed by atoms with van der Waals surface area (Å²) in [5.41, 5.74) is 3.70. The van der Waals surface area contributed by atoms with E-state index in [2.05, 4.69) is 10.6 Å². The number of carbonyl (C=O) groups is 2. The molecule has 3 rings (SSSR count). The van der Waals surface area contributed by atoms with Crippen molar-refractivity contribution in [1.82, 2.24) is 0 Å². The van der Waals surface area contributed by atoms with Crippen LogP contribution in [0, 0.1) is 0 Å². The van der Waals surface area contributed by atoms with Gasteiger partial charge in [-0.15, -0.1) is 0 Å². The first-order valence-corrected chi connectivity index (χ1v) is 8.85. The molecule has 4 N–H and O–H groups in total. The number of aromatic carboxylic acids is 1. The molecule has 0 aromatic heterocycles. The van der Waals surface area contributed by atoms with E-state index in [4.69, 9.17) is 0 Å². The number of carbonyl (C=O) groups excluding carboxylic acids is 1. The summed E-state index contributed by atoms with van der Waals surface area (Å²) in [7, 11) is 1.90. The molecular weight excluding hydrogens is 346 g/mol. The maximum atomic E-state index is 12.5. The number of aliphatic hydroxyl groups is 1. The second-order valence-corrected chi connectivity index (χ2v) is 6.61. The molecule has 0 radical (unpaired) electrons. The Morgan fingerprint density at radius 1 is 1.15 bits per heavy atom. The summed E-state index contributed by atoms with van der Waals surface area (Å²) in [6.07, 6.45) is 0.452. The first kappa shape index (κ1) is 18.7. The number of benzene rings is 2. The molecule has 0 aliphatic carbocycles. The summed E-state index contributed by atoms with van der Waals surface area (Å²) in [6, 6.07) is 9.95. The predicted molar refractivity (Wildman–Crippen MR) is 105 cm³/mol. The molecular formula is C20H23N3O4. The highest BCUT2D eigenvalue weighted by Gasteiger charge is 2.23. The smallest absolute Gasteiger partial charge is 0.336 e. The minimum absolute atomic E-state index is 0.178. The van der Waals surface area contributed by atoms with E-state index in [1.165, 1.54) is 6.07 Å². The van der Waals surface area contributed by atoms with E-state index in [1.807, 2.05) is 31.0 Å². The standard InChI is InChI=1S/C20H23N3O4/c1-3-13-14(19(25)26)6-4-7-16(13)21-20(27)22-17-8-5-9-18-15(17)10-12(24)11-23(18)2/h4-9,12,24H,3,10-11H2,1-2H3,(H,25,26)(H2,21,22,27). The highest BCUT2D eigenvalue weighted by atomic mass is 16.4. The van der Waals surface area contributed by atoms with Crippen molar-refractivity contribution in [3.05, 3.63) is 53.1 Å². The minimum Gasteiger partial charge on any atom is -0.478 e. The number of rotatable bonds is 4. The first-order valence-electron chi connectivity index (χ1n) is 8.85. The summed E-state index contributed by atoms with van der Waals surface area (Å²) >= 11 is 0. The zero-order chi connectivity index (χ0) is 19.6. The van der Waals surface area contributed by atoms with Gasteiger partial charge in [-0.2, -0.15) is 0 Å². The number of likely N-dealkylation sites (N-methyl/N-ethyl adjacent to an activating group) is 1. The summed E-state index contributed by atoms with van der Waals surface area (Å²) in [6.45, 7) is 2.39. The van der Waals surface area contributed by atoms with Gasteiger partial charge in [0, 0.05) is 42.6 Å². The van der Waals surface area contributed by atoms with E-state index in [1.54, 1.807) is 18.2 Å². The number of hydrogen-bond acceptors (Lipinski definition) is 4. The van der Waals surface area contributed by atoms with Gasteiger partial charge in [0.05, 0.1) is 11.7 Å². The number of anilines is 3. The highest BCUT2D eigenvalue weighted by molar-refractivity contribution is 6.02. The van der Waals surface area contributed by atoms with Crippen LogP contribution in [-0.2, 0) is 12.8 Å². The lowest BCUT2D eigenvalue weighted by Crippen LogP contribution is -2.36. The number of carboxylic acid groups (broad SMARTS) is 1. The average Bonchev–Trinajstić information content (AvgIpc) is 2.62. The van der Waals surface area contributed by atoms with Crippen molar-refractivity contribution in [3.63, 3.8) is 0 Å². The Bertz CT molecular complexity index is 882. The van der Waals surface area contributed by atoms with Crippen molar-refractivity contribution in [2.45, 2.75) is 25.9 Å². The van der Waals surface area contributed by atoms with Crippen LogP contribution < -0.4 is 15.5 Å².